The average Bonchev–Trinajstić information content (AvgIpc) is 2.69. The van der Waals surface area contributed by atoms with E-state index in [1.807, 2.05) is 19.9 Å². The molecule has 2 rings (SSSR count). The third-order valence-electron chi connectivity index (χ3n) is 2.69. The van der Waals surface area contributed by atoms with E-state index < -0.39 is 11.7 Å². The van der Waals surface area contributed by atoms with E-state index in [4.69, 9.17) is 0 Å². The van der Waals surface area contributed by atoms with Crippen LogP contribution in [0.4, 0.5) is 13.2 Å². The predicted octanol–water partition coefficient (Wildman–Crippen LogP) is 3.76. The molecule has 5 heteroatoms. The number of aromatic nitrogens is 2. The van der Waals surface area contributed by atoms with E-state index in [0.29, 0.717) is 5.69 Å². The van der Waals surface area contributed by atoms with Crippen LogP contribution in [0.2, 0.25) is 0 Å². The van der Waals surface area contributed by atoms with E-state index >= 15 is 0 Å². The summed E-state index contributed by atoms with van der Waals surface area (Å²) in [4.78, 5) is 0. The van der Waals surface area contributed by atoms with Gasteiger partial charge in [0, 0.05) is 5.69 Å². The molecule has 0 fully saturated rings. The first kappa shape index (κ1) is 12.7. The number of aryl methyl sites for hydroxylation is 2. The summed E-state index contributed by atoms with van der Waals surface area (Å²) in [6.45, 7) is 3.77. The van der Waals surface area contributed by atoms with Crippen molar-refractivity contribution in [3.8, 4) is 5.69 Å². The zero-order chi connectivity index (χ0) is 13.3. The fourth-order valence-corrected chi connectivity index (χ4v) is 1.84. The second-order valence-corrected chi connectivity index (χ2v) is 4.09. The molecule has 1 aromatic carbocycles. The van der Waals surface area contributed by atoms with Crippen LogP contribution < -0.4 is 0 Å². The van der Waals surface area contributed by atoms with Crippen LogP contribution in [-0.2, 0) is 12.6 Å². The molecule has 96 valence electrons. The van der Waals surface area contributed by atoms with Crippen LogP contribution in [0.15, 0.2) is 30.3 Å². The maximum Gasteiger partial charge on any atom is 0.416 e. The summed E-state index contributed by atoms with van der Waals surface area (Å²) in [5, 5.41) is 4.22. The van der Waals surface area contributed by atoms with E-state index in [9.17, 15) is 13.2 Å². The minimum atomic E-state index is -4.33. The monoisotopic (exact) mass is 254 g/mol. The van der Waals surface area contributed by atoms with Crippen LogP contribution in [0.3, 0.4) is 0 Å². The van der Waals surface area contributed by atoms with E-state index in [-0.39, 0.29) is 0 Å². The molecule has 2 nitrogen and oxygen atoms in total. The van der Waals surface area contributed by atoms with Gasteiger partial charge in [0.1, 0.15) is 0 Å². The molecule has 0 amide bonds. The maximum atomic E-state index is 12.6. The van der Waals surface area contributed by atoms with Crippen LogP contribution in [-0.4, -0.2) is 9.78 Å². The maximum absolute atomic E-state index is 12.6. The summed E-state index contributed by atoms with van der Waals surface area (Å²) >= 11 is 0. The third-order valence-corrected chi connectivity index (χ3v) is 2.69. The second kappa shape index (κ2) is 4.48. The van der Waals surface area contributed by atoms with Crippen LogP contribution in [0, 0.1) is 6.92 Å². The molecule has 0 spiro atoms. The largest absolute Gasteiger partial charge is 0.416 e. The third kappa shape index (κ3) is 2.39. The zero-order valence-corrected chi connectivity index (χ0v) is 10.1. The van der Waals surface area contributed by atoms with Crippen molar-refractivity contribution in [3.05, 3.63) is 47.3 Å². The molecule has 0 N–H and O–H groups in total. The van der Waals surface area contributed by atoms with Gasteiger partial charge in [0.2, 0.25) is 0 Å². The molecule has 0 saturated heterocycles. The molecule has 0 radical (unpaired) electrons. The minimum absolute atomic E-state index is 0.440. The first-order valence-corrected chi connectivity index (χ1v) is 5.65. The highest BCUT2D eigenvalue weighted by Gasteiger charge is 2.30. The number of alkyl halides is 3. The Morgan fingerprint density at radius 3 is 2.56 bits per heavy atom. The van der Waals surface area contributed by atoms with Gasteiger partial charge in [-0.05, 0) is 37.6 Å². The molecule has 0 aliphatic rings. The number of benzene rings is 1. The molecule has 0 aliphatic heterocycles. The van der Waals surface area contributed by atoms with E-state index in [1.165, 1.54) is 6.07 Å². The van der Waals surface area contributed by atoms with Gasteiger partial charge in [-0.2, -0.15) is 18.3 Å². The van der Waals surface area contributed by atoms with Crippen molar-refractivity contribution in [1.29, 1.82) is 0 Å². The smallest absolute Gasteiger partial charge is 0.238 e. The zero-order valence-electron chi connectivity index (χ0n) is 10.1. The molecule has 0 unspecified atom stereocenters. The van der Waals surface area contributed by atoms with Crippen molar-refractivity contribution >= 4 is 0 Å². The molecular formula is C13H13F3N2. The first-order valence-electron chi connectivity index (χ1n) is 5.65. The predicted molar refractivity (Wildman–Crippen MR) is 62.7 cm³/mol. The summed E-state index contributed by atoms with van der Waals surface area (Å²) in [5.74, 6) is 0. The Morgan fingerprint density at radius 2 is 1.94 bits per heavy atom. The lowest BCUT2D eigenvalue weighted by molar-refractivity contribution is -0.137. The van der Waals surface area contributed by atoms with Gasteiger partial charge >= 0.3 is 6.18 Å². The van der Waals surface area contributed by atoms with Gasteiger partial charge in [0.15, 0.2) is 0 Å². The standard InChI is InChI=1S/C13H13F3N2/c1-3-11-7-9(2)17-18(11)12-6-4-5-10(8-12)13(14,15)16/h4-8H,3H2,1-2H3. The van der Waals surface area contributed by atoms with Crippen molar-refractivity contribution in [2.45, 2.75) is 26.4 Å². The summed E-state index contributed by atoms with van der Waals surface area (Å²) in [7, 11) is 0. The average molecular weight is 254 g/mol. The van der Waals surface area contributed by atoms with Crippen molar-refractivity contribution < 1.29 is 13.2 Å². The van der Waals surface area contributed by atoms with Gasteiger partial charge in [-0.1, -0.05) is 13.0 Å². The SMILES string of the molecule is CCc1cc(C)nn1-c1cccc(C(F)(F)F)c1. The minimum Gasteiger partial charge on any atom is -0.238 e. The lowest BCUT2D eigenvalue weighted by atomic mass is 10.2. The molecule has 1 heterocycles. The number of hydrogen-bond acceptors (Lipinski definition) is 1. The molecule has 0 saturated carbocycles. The normalized spacial score (nSPS) is 11.8. The van der Waals surface area contributed by atoms with Crippen LogP contribution in [0.5, 0.6) is 0 Å². The highest BCUT2D eigenvalue weighted by atomic mass is 19.4. The lowest BCUT2D eigenvalue weighted by Crippen LogP contribution is -2.07. The van der Waals surface area contributed by atoms with Crippen molar-refractivity contribution in [2.24, 2.45) is 0 Å². The Bertz CT molecular complexity index is 556. The Morgan fingerprint density at radius 1 is 1.22 bits per heavy atom. The number of rotatable bonds is 2. The van der Waals surface area contributed by atoms with Gasteiger partial charge in [0.25, 0.3) is 0 Å². The molecule has 0 bridgehead atoms. The second-order valence-electron chi connectivity index (χ2n) is 4.09. The molecule has 2 aromatic rings. The Balaban J connectivity index is 2.51. The summed E-state index contributed by atoms with van der Waals surface area (Å²) in [5.41, 5.74) is 1.47. The lowest BCUT2D eigenvalue weighted by Gasteiger charge is -2.10. The summed E-state index contributed by atoms with van der Waals surface area (Å²) in [6, 6.07) is 7.08. The fourth-order valence-electron chi connectivity index (χ4n) is 1.84. The van der Waals surface area contributed by atoms with Gasteiger partial charge in [0.05, 0.1) is 16.9 Å². The quantitative estimate of drug-likeness (QED) is 0.797. The van der Waals surface area contributed by atoms with Crippen LogP contribution in [0.1, 0.15) is 23.9 Å². The summed E-state index contributed by atoms with van der Waals surface area (Å²) in [6.07, 6.45) is -3.61. The number of hydrogen-bond donors (Lipinski definition) is 0. The van der Waals surface area contributed by atoms with Crippen molar-refractivity contribution in [1.82, 2.24) is 9.78 Å². The van der Waals surface area contributed by atoms with Gasteiger partial charge < -0.3 is 0 Å². The van der Waals surface area contributed by atoms with E-state index in [1.54, 1.807) is 10.7 Å². The Hall–Kier alpha value is -1.78. The van der Waals surface area contributed by atoms with Crippen LogP contribution >= 0.6 is 0 Å². The van der Waals surface area contributed by atoms with Gasteiger partial charge in [-0.25, -0.2) is 4.68 Å². The van der Waals surface area contributed by atoms with Crippen molar-refractivity contribution in [3.63, 3.8) is 0 Å². The van der Waals surface area contributed by atoms with E-state index in [0.717, 1.165) is 29.9 Å². The Kier molecular flexibility index (Phi) is 3.15. The van der Waals surface area contributed by atoms with Crippen molar-refractivity contribution in [2.75, 3.05) is 0 Å². The van der Waals surface area contributed by atoms with E-state index in [2.05, 4.69) is 5.10 Å². The van der Waals surface area contributed by atoms with Gasteiger partial charge in [-0.15, -0.1) is 0 Å². The first-order chi connectivity index (χ1) is 8.41. The van der Waals surface area contributed by atoms with Gasteiger partial charge in [-0.3, -0.25) is 0 Å². The molecule has 18 heavy (non-hydrogen) atoms. The Labute approximate surface area is 103 Å². The topological polar surface area (TPSA) is 17.8 Å². The highest BCUT2D eigenvalue weighted by Crippen LogP contribution is 2.30. The molecule has 1 aromatic heterocycles. The number of halogens is 3. The fraction of sp³-hybridized carbons (Fsp3) is 0.308. The molecule has 0 aliphatic carbocycles. The summed E-state index contributed by atoms with van der Waals surface area (Å²) < 4.78 is 39.5. The highest BCUT2D eigenvalue weighted by molar-refractivity contribution is 5.38. The number of nitrogens with zero attached hydrogens (tertiary/aromatic N) is 2. The molecular weight excluding hydrogens is 241 g/mol. The van der Waals surface area contributed by atoms with Crippen LogP contribution in [0.25, 0.3) is 5.69 Å². The molecule has 0 atom stereocenters.